The van der Waals surface area contributed by atoms with E-state index in [0.29, 0.717) is 47.0 Å². The van der Waals surface area contributed by atoms with Gasteiger partial charge in [-0.1, -0.05) is 29.3 Å². The van der Waals surface area contributed by atoms with Gasteiger partial charge in [0.05, 0.1) is 22.2 Å². The minimum Gasteiger partial charge on any atom is -0.480 e. The number of anilines is 1. The number of carbonyl (C=O) groups is 2. The number of aliphatic hydroxyl groups excluding tert-OH is 1. The predicted molar refractivity (Wildman–Crippen MR) is 121 cm³/mol. The van der Waals surface area contributed by atoms with Gasteiger partial charge in [0.25, 0.3) is 0 Å². The van der Waals surface area contributed by atoms with Crippen molar-refractivity contribution >= 4 is 40.8 Å². The monoisotopic (exact) mass is 482 g/mol. The Balaban J connectivity index is 1.68. The second-order valence-corrected chi connectivity index (χ2v) is 8.83. The van der Waals surface area contributed by atoms with E-state index in [9.17, 15) is 24.2 Å². The van der Waals surface area contributed by atoms with E-state index in [0.717, 1.165) is 0 Å². The van der Waals surface area contributed by atoms with Crippen molar-refractivity contribution in [3.05, 3.63) is 63.9 Å². The van der Waals surface area contributed by atoms with Crippen LogP contribution in [0, 0.1) is 11.7 Å². The molecule has 1 amide bonds. The average molecular weight is 483 g/mol. The molecular weight excluding hydrogens is 458 g/mol. The van der Waals surface area contributed by atoms with Crippen molar-refractivity contribution in [3.63, 3.8) is 0 Å². The van der Waals surface area contributed by atoms with Gasteiger partial charge < -0.3 is 20.4 Å². The van der Waals surface area contributed by atoms with Gasteiger partial charge in [-0.2, -0.15) is 0 Å². The molecular formula is C23H25Cl2FN2O4. The van der Waals surface area contributed by atoms with E-state index in [1.165, 1.54) is 17.0 Å². The molecule has 1 aliphatic carbocycles. The number of carbonyl (C=O) groups excluding carboxylic acids is 1. The van der Waals surface area contributed by atoms with Crippen molar-refractivity contribution in [2.75, 3.05) is 11.9 Å². The average Bonchev–Trinajstić information content (AvgIpc) is 2.93. The normalized spacial score (nSPS) is 20.9. The van der Waals surface area contributed by atoms with Gasteiger partial charge in [0.2, 0.25) is 5.91 Å². The quantitative estimate of drug-likeness (QED) is 0.502. The molecule has 1 aliphatic rings. The highest BCUT2D eigenvalue weighted by molar-refractivity contribution is 6.42. The molecule has 2 aromatic rings. The highest BCUT2D eigenvalue weighted by Gasteiger charge is 2.32. The van der Waals surface area contributed by atoms with Crippen LogP contribution >= 0.6 is 23.2 Å². The lowest BCUT2D eigenvalue weighted by Crippen LogP contribution is -2.39. The first-order valence-corrected chi connectivity index (χ1v) is 11.1. The zero-order valence-corrected chi connectivity index (χ0v) is 18.8. The number of nitrogens with one attached hydrogen (secondary N) is 1. The molecule has 32 heavy (non-hydrogen) atoms. The first kappa shape index (κ1) is 24.3. The van der Waals surface area contributed by atoms with Crippen LogP contribution in [0.3, 0.4) is 0 Å². The Bertz CT molecular complexity index is 958. The van der Waals surface area contributed by atoms with E-state index < -0.39 is 24.5 Å². The third kappa shape index (κ3) is 6.58. The van der Waals surface area contributed by atoms with Crippen LogP contribution in [0.25, 0.3) is 0 Å². The summed E-state index contributed by atoms with van der Waals surface area (Å²) in [6.45, 7) is -0.340. The summed E-state index contributed by atoms with van der Waals surface area (Å²) in [5, 5.41) is 23.8. The Hall–Kier alpha value is -2.35. The molecule has 1 fully saturated rings. The number of nitrogens with zero attached hydrogens (tertiary/aromatic N) is 1. The van der Waals surface area contributed by atoms with Gasteiger partial charge >= 0.3 is 5.97 Å². The summed E-state index contributed by atoms with van der Waals surface area (Å²) in [5.41, 5.74) is 1.37. The fourth-order valence-electron chi connectivity index (χ4n) is 3.96. The van der Waals surface area contributed by atoms with Crippen molar-refractivity contribution in [1.29, 1.82) is 0 Å². The molecule has 0 heterocycles. The third-order valence-corrected chi connectivity index (χ3v) is 6.38. The molecule has 3 atom stereocenters. The number of hydrogen-bond donors (Lipinski definition) is 3. The van der Waals surface area contributed by atoms with Crippen LogP contribution in [0.1, 0.15) is 31.2 Å². The largest absolute Gasteiger partial charge is 0.480 e. The maximum absolute atomic E-state index is 13.2. The van der Waals surface area contributed by atoms with Gasteiger partial charge in [0.1, 0.15) is 12.4 Å². The van der Waals surface area contributed by atoms with Crippen LogP contribution in [0.15, 0.2) is 42.5 Å². The highest BCUT2D eigenvalue weighted by atomic mass is 35.5. The van der Waals surface area contributed by atoms with E-state index in [4.69, 9.17) is 23.2 Å². The van der Waals surface area contributed by atoms with E-state index in [-0.39, 0.29) is 24.3 Å². The number of rotatable bonds is 7. The Kier molecular flexibility index (Phi) is 8.34. The molecule has 0 bridgehead atoms. The first-order chi connectivity index (χ1) is 15.2. The molecule has 3 rings (SSSR count). The van der Waals surface area contributed by atoms with Crippen molar-refractivity contribution in [3.8, 4) is 0 Å². The lowest BCUT2D eigenvalue weighted by atomic mass is 9.98. The minimum atomic E-state index is -1.11. The second-order valence-electron chi connectivity index (χ2n) is 8.01. The number of aliphatic carboxylic acids is 1. The fourth-order valence-corrected chi connectivity index (χ4v) is 4.28. The predicted octanol–water partition coefficient (Wildman–Crippen LogP) is 4.58. The summed E-state index contributed by atoms with van der Waals surface area (Å²) in [7, 11) is 0. The minimum absolute atomic E-state index is 0.0956. The molecule has 6 nitrogen and oxygen atoms in total. The molecule has 3 N–H and O–H groups in total. The van der Waals surface area contributed by atoms with Crippen LogP contribution in [0.5, 0.6) is 0 Å². The summed E-state index contributed by atoms with van der Waals surface area (Å²) in [6.07, 6.45) is 1.16. The fraction of sp³-hybridized carbons (Fsp3) is 0.391. The molecule has 9 heteroatoms. The highest BCUT2D eigenvalue weighted by Crippen LogP contribution is 2.29. The zero-order valence-electron chi connectivity index (χ0n) is 17.3. The Morgan fingerprint density at radius 1 is 1.03 bits per heavy atom. The van der Waals surface area contributed by atoms with Crippen molar-refractivity contribution < 1.29 is 24.2 Å². The molecule has 0 saturated heterocycles. The molecule has 2 aromatic carbocycles. The first-order valence-electron chi connectivity index (χ1n) is 10.4. The number of carboxylic acids is 1. The second kappa shape index (κ2) is 11.0. The number of hydrogen-bond acceptors (Lipinski definition) is 4. The molecule has 0 spiro atoms. The number of benzene rings is 2. The number of amides is 1. The Morgan fingerprint density at radius 2 is 1.72 bits per heavy atom. The van der Waals surface area contributed by atoms with Crippen molar-refractivity contribution in [2.45, 2.75) is 44.4 Å². The molecule has 0 aromatic heterocycles. The van der Waals surface area contributed by atoms with Gasteiger partial charge in [-0.3, -0.25) is 9.59 Å². The molecule has 0 aliphatic heterocycles. The lowest BCUT2D eigenvalue weighted by Gasteiger charge is -2.26. The van der Waals surface area contributed by atoms with Gasteiger partial charge in [-0.15, -0.1) is 0 Å². The number of carboxylic acid groups (broad SMARTS) is 1. The lowest BCUT2D eigenvalue weighted by molar-refractivity contribution is -0.147. The summed E-state index contributed by atoms with van der Waals surface area (Å²) in [6, 6.07) is 10.5. The Morgan fingerprint density at radius 3 is 2.38 bits per heavy atom. The van der Waals surface area contributed by atoms with Crippen LogP contribution in [-0.2, 0) is 16.1 Å². The maximum Gasteiger partial charge on any atom is 0.323 e. The van der Waals surface area contributed by atoms with Crippen LogP contribution < -0.4 is 5.32 Å². The van der Waals surface area contributed by atoms with E-state index in [2.05, 4.69) is 5.32 Å². The van der Waals surface area contributed by atoms with Gasteiger partial charge in [-0.25, -0.2) is 4.39 Å². The number of halogens is 3. The molecule has 172 valence electrons. The third-order valence-electron chi connectivity index (χ3n) is 5.64. The zero-order chi connectivity index (χ0) is 23.3. The smallest absolute Gasteiger partial charge is 0.323 e. The van der Waals surface area contributed by atoms with E-state index in [1.54, 1.807) is 30.3 Å². The van der Waals surface area contributed by atoms with Gasteiger partial charge in [-0.05, 0) is 67.6 Å². The van der Waals surface area contributed by atoms with Crippen molar-refractivity contribution in [2.24, 2.45) is 5.92 Å². The Labute approximate surface area is 195 Å². The summed E-state index contributed by atoms with van der Waals surface area (Å²) >= 11 is 12.0. The SMILES string of the molecule is O=C(O)CN(Cc1ccc(Cl)c(Cl)c1)C(=O)[C@@H]1CC[C@H](Nc2ccc(F)cc2)[C@@H](O)CC1. The van der Waals surface area contributed by atoms with Crippen LogP contribution in [-0.4, -0.2) is 45.7 Å². The topological polar surface area (TPSA) is 89.9 Å². The van der Waals surface area contributed by atoms with E-state index in [1.807, 2.05) is 0 Å². The molecule has 0 radical (unpaired) electrons. The number of aliphatic hydroxyl groups is 1. The maximum atomic E-state index is 13.2. The summed E-state index contributed by atoms with van der Waals surface area (Å²) < 4.78 is 13.1. The summed E-state index contributed by atoms with van der Waals surface area (Å²) in [4.78, 5) is 25.9. The summed E-state index contributed by atoms with van der Waals surface area (Å²) in [5.74, 6) is -2.13. The van der Waals surface area contributed by atoms with Gasteiger partial charge in [0.15, 0.2) is 0 Å². The van der Waals surface area contributed by atoms with Gasteiger partial charge in [0, 0.05) is 18.2 Å². The van der Waals surface area contributed by atoms with E-state index >= 15 is 0 Å². The molecule has 1 saturated carbocycles. The van der Waals surface area contributed by atoms with Crippen LogP contribution in [0.2, 0.25) is 10.0 Å². The molecule has 0 unspecified atom stereocenters. The van der Waals surface area contributed by atoms with Crippen LogP contribution in [0.4, 0.5) is 10.1 Å². The van der Waals surface area contributed by atoms with Crippen molar-refractivity contribution in [1.82, 2.24) is 4.90 Å². The standard InChI is InChI=1S/C23H25Cl2FN2O4/c24-18-8-1-14(11-19(18)25)12-28(13-22(30)31)23(32)15-2-9-20(21(29)10-3-15)27-17-6-4-16(26)5-7-17/h1,4-8,11,15,20-21,27,29H,2-3,9-10,12-13H2,(H,30,31)/t15-,20+,21+/m1/s1.